The molecule has 1 N–H and O–H groups in total. The molecule has 0 fully saturated rings. The predicted molar refractivity (Wildman–Crippen MR) is 142 cm³/mol. The van der Waals surface area contributed by atoms with Crippen molar-refractivity contribution in [1.29, 1.82) is 0 Å². The second-order valence-corrected chi connectivity index (χ2v) is 11.6. The van der Waals surface area contributed by atoms with E-state index in [4.69, 9.17) is 16.3 Å². The highest BCUT2D eigenvalue weighted by molar-refractivity contribution is 7.92. The zero-order valence-corrected chi connectivity index (χ0v) is 23.1. The molecule has 0 aliphatic carbocycles. The lowest BCUT2D eigenvalue weighted by molar-refractivity contribution is -0.137. The summed E-state index contributed by atoms with van der Waals surface area (Å²) in [6.07, 6.45) is -2.21. The Morgan fingerprint density at radius 1 is 1.17 bits per heavy atom. The number of carbonyl (C=O) groups is 1. The zero-order valence-electron chi connectivity index (χ0n) is 21.5. The number of nitrogens with one attached hydrogen (secondary N) is 1. The number of fused-ring (bicyclic) bond motifs is 3. The van der Waals surface area contributed by atoms with Crippen molar-refractivity contribution in [2.24, 2.45) is 0 Å². The second kappa shape index (κ2) is 10.5. The number of ether oxygens (including phenoxy) is 1. The topological polar surface area (TPSA) is 106 Å². The van der Waals surface area contributed by atoms with E-state index in [0.29, 0.717) is 17.0 Å². The summed E-state index contributed by atoms with van der Waals surface area (Å²) in [5, 5.41) is -0.198. The van der Waals surface area contributed by atoms with E-state index in [1.165, 1.54) is 39.8 Å². The van der Waals surface area contributed by atoms with Crippen LogP contribution in [0, 0.1) is 12.7 Å². The van der Waals surface area contributed by atoms with Crippen LogP contribution >= 0.6 is 11.6 Å². The Morgan fingerprint density at radius 3 is 2.59 bits per heavy atom. The minimum atomic E-state index is -4.58. The van der Waals surface area contributed by atoms with E-state index < -0.39 is 46.1 Å². The fourth-order valence-electron chi connectivity index (χ4n) is 4.70. The number of aryl methyl sites for hydroxylation is 1. The molecule has 1 aliphatic rings. The third-order valence-electron chi connectivity index (χ3n) is 6.45. The van der Waals surface area contributed by atoms with Crippen molar-refractivity contribution in [3.63, 3.8) is 0 Å². The largest absolute Gasteiger partial charge is 0.481 e. The van der Waals surface area contributed by atoms with Gasteiger partial charge in [-0.3, -0.25) is 9.52 Å². The summed E-state index contributed by atoms with van der Waals surface area (Å²) in [7, 11) is -3.60. The van der Waals surface area contributed by atoms with Crippen LogP contribution in [0.2, 0.25) is 5.15 Å². The molecule has 0 bridgehead atoms. The van der Waals surface area contributed by atoms with E-state index in [0.717, 1.165) is 18.4 Å². The molecule has 0 radical (unpaired) electrons. The third kappa shape index (κ3) is 5.93. The number of anilines is 1. The molecule has 1 aliphatic heterocycles. The van der Waals surface area contributed by atoms with Gasteiger partial charge in [-0.15, -0.1) is 0 Å². The number of halogens is 5. The van der Waals surface area contributed by atoms with Gasteiger partial charge in [-0.1, -0.05) is 23.7 Å². The van der Waals surface area contributed by atoms with Crippen LogP contribution in [0.3, 0.4) is 0 Å². The molecule has 41 heavy (non-hydrogen) atoms. The molecule has 1 unspecified atom stereocenters. The first-order valence-electron chi connectivity index (χ1n) is 12.1. The normalized spacial score (nSPS) is 15.6. The number of hydrogen-bond acceptors (Lipinski definition) is 6. The highest BCUT2D eigenvalue weighted by Crippen LogP contribution is 2.38. The lowest BCUT2D eigenvalue weighted by Gasteiger charge is -2.36. The van der Waals surface area contributed by atoms with Crippen molar-refractivity contribution >= 4 is 39.0 Å². The van der Waals surface area contributed by atoms with Crippen LogP contribution in [-0.2, 0) is 27.4 Å². The quantitative estimate of drug-likeness (QED) is 0.249. The fraction of sp³-hybridized carbons (Fsp3) is 0.269. The van der Waals surface area contributed by atoms with Crippen molar-refractivity contribution in [3.8, 4) is 5.75 Å². The van der Waals surface area contributed by atoms with Gasteiger partial charge in [-0.25, -0.2) is 22.8 Å². The first kappa shape index (κ1) is 28.6. The van der Waals surface area contributed by atoms with Crippen molar-refractivity contribution in [2.75, 3.05) is 24.1 Å². The summed E-state index contributed by atoms with van der Waals surface area (Å²) < 4.78 is 87.4. The van der Waals surface area contributed by atoms with Gasteiger partial charge in [0.1, 0.15) is 23.3 Å². The van der Waals surface area contributed by atoms with Gasteiger partial charge in [0.05, 0.1) is 23.2 Å². The summed E-state index contributed by atoms with van der Waals surface area (Å²) >= 11 is 6.11. The second-order valence-electron chi connectivity index (χ2n) is 9.50. The Bertz CT molecular complexity index is 1780. The van der Waals surface area contributed by atoms with E-state index in [2.05, 4.69) is 14.7 Å². The molecule has 216 valence electrons. The van der Waals surface area contributed by atoms with Crippen LogP contribution in [-0.4, -0.2) is 53.0 Å². The number of rotatable bonds is 6. The monoisotopic (exact) mass is 611 g/mol. The van der Waals surface area contributed by atoms with Gasteiger partial charge in [0.15, 0.2) is 17.5 Å². The van der Waals surface area contributed by atoms with Crippen LogP contribution in [0.25, 0.3) is 5.65 Å². The number of hydrogen-bond donors (Lipinski definition) is 1. The number of aromatic nitrogens is 3. The van der Waals surface area contributed by atoms with Gasteiger partial charge in [0.25, 0.3) is 5.91 Å². The molecule has 0 spiro atoms. The number of alkyl halides is 3. The molecule has 9 nitrogen and oxygen atoms in total. The number of benzene rings is 1. The maximum Gasteiger partial charge on any atom is 0.416 e. The van der Waals surface area contributed by atoms with Gasteiger partial charge in [0.2, 0.25) is 10.0 Å². The van der Waals surface area contributed by atoms with Gasteiger partial charge < -0.3 is 14.0 Å². The molecule has 1 atom stereocenters. The number of sulfonamides is 1. The predicted octanol–water partition coefficient (Wildman–Crippen LogP) is 4.77. The van der Waals surface area contributed by atoms with E-state index in [1.807, 2.05) is 0 Å². The zero-order chi connectivity index (χ0) is 29.7. The minimum absolute atomic E-state index is 0.00400. The average molecular weight is 612 g/mol. The number of carbonyl (C=O) groups excluding carboxylic acids is 1. The van der Waals surface area contributed by atoms with E-state index in [1.54, 1.807) is 13.0 Å². The van der Waals surface area contributed by atoms with Crippen molar-refractivity contribution in [1.82, 2.24) is 19.3 Å². The number of pyridine rings is 2. The molecule has 0 saturated carbocycles. The molecular weight excluding hydrogens is 590 g/mol. The summed E-state index contributed by atoms with van der Waals surface area (Å²) in [6.45, 7) is 1.26. The molecule has 15 heteroatoms. The lowest BCUT2D eigenvalue weighted by Crippen LogP contribution is -2.43. The van der Waals surface area contributed by atoms with Gasteiger partial charge in [-0.2, -0.15) is 13.2 Å². The van der Waals surface area contributed by atoms with Crippen molar-refractivity contribution in [2.45, 2.75) is 25.6 Å². The molecule has 3 aromatic heterocycles. The number of imidazole rings is 1. The average Bonchev–Trinajstić information content (AvgIpc) is 3.24. The Morgan fingerprint density at radius 2 is 1.93 bits per heavy atom. The van der Waals surface area contributed by atoms with Crippen LogP contribution in [0.5, 0.6) is 5.75 Å². The summed E-state index contributed by atoms with van der Waals surface area (Å²) in [5.41, 5.74) is 0.742. The Labute approximate surface area is 236 Å². The Balaban J connectivity index is 1.49. The first-order valence-corrected chi connectivity index (χ1v) is 14.4. The number of nitrogens with zero attached hydrogens (tertiary/aromatic N) is 4. The molecule has 4 heterocycles. The minimum Gasteiger partial charge on any atom is -0.481 e. The van der Waals surface area contributed by atoms with Crippen molar-refractivity contribution < 1.29 is 35.5 Å². The van der Waals surface area contributed by atoms with Gasteiger partial charge in [0, 0.05) is 24.7 Å². The van der Waals surface area contributed by atoms with E-state index >= 15 is 4.39 Å². The highest BCUT2D eigenvalue weighted by Gasteiger charge is 2.38. The fourth-order valence-corrected chi connectivity index (χ4v) is 5.40. The van der Waals surface area contributed by atoms with Crippen LogP contribution in [0.15, 0.2) is 48.7 Å². The molecule has 4 aromatic rings. The highest BCUT2D eigenvalue weighted by atomic mass is 35.5. The lowest BCUT2D eigenvalue weighted by atomic mass is 9.94. The van der Waals surface area contributed by atoms with E-state index in [9.17, 15) is 26.4 Å². The molecule has 1 aromatic carbocycles. The summed E-state index contributed by atoms with van der Waals surface area (Å²) in [5.74, 6) is -1.19. The van der Waals surface area contributed by atoms with Crippen molar-refractivity contribution in [3.05, 3.63) is 87.7 Å². The Kier molecular flexibility index (Phi) is 7.32. The number of amides is 1. The van der Waals surface area contributed by atoms with Gasteiger partial charge in [-0.05, 0) is 42.8 Å². The molecule has 1 amide bonds. The van der Waals surface area contributed by atoms with E-state index in [-0.39, 0.29) is 40.9 Å². The van der Waals surface area contributed by atoms with Gasteiger partial charge >= 0.3 is 6.18 Å². The van der Waals surface area contributed by atoms with Crippen LogP contribution in [0.4, 0.5) is 23.4 Å². The van der Waals surface area contributed by atoms with Crippen LogP contribution < -0.4 is 9.46 Å². The maximum atomic E-state index is 15.3. The molecular formula is C26H22ClF4N5O4S. The molecule has 5 rings (SSSR count). The summed E-state index contributed by atoms with van der Waals surface area (Å²) in [6, 6.07) is 7.95. The first-order chi connectivity index (χ1) is 19.2. The smallest absolute Gasteiger partial charge is 0.416 e. The SMILES string of the molecule is Cc1ccc(C2c3c(nc4cc(C(F)(F)F)ccn34)CCN2C(=O)COc2ccc(NS(C)(=O)=O)nc2Cl)c(F)c1. The Hall–Kier alpha value is -3.91. The third-order valence-corrected chi connectivity index (χ3v) is 7.30. The standard InChI is InChI=1S/C26H22ClF4N5O4S/c1-14-3-4-16(17(28)11-14)23-24-18(32-21-12-15(26(29,30)31)7-9-35(21)24)8-10-36(23)22(37)13-40-19-5-6-20(33-25(19)27)34-41(2,38)39/h3-7,9,11-12,23H,8,10,13H2,1-2H3,(H,33,34). The van der Waals surface area contributed by atoms with Crippen LogP contribution in [0.1, 0.15) is 34.1 Å². The maximum absolute atomic E-state index is 15.3. The molecule has 0 saturated heterocycles. The summed E-state index contributed by atoms with van der Waals surface area (Å²) in [4.78, 5) is 23.2.